The fourth-order valence-electron chi connectivity index (χ4n) is 2.43. The molecule has 2 aliphatic heterocycles. The number of carbonyl (C=O) groups is 1. The molecule has 2 atom stereocenters. The summed E-state index contributed by atoms with van der Waals surface area (Å²) in [5.74, 6) is 0. The van der Waals surface area contributed by atoms with Gasteiger partial charge >= 0.3 is 6.03 Å². The second-order valence-corrected chi connectivity index (χ2v) is 5.55. The van der Waals surface area contributed by atoms with Gasteiger partial charge in [0.25, 0.3) is 0 Å². The molecule has 0 spiro atoms. The third-order valence-corrected chi connectivity index (χ3v) is 3.03. The highest BCUT2D eigenvalue weighted by molar-refractivity contribution is 5.76. The number of hydrogen-bond acceptors (Lipinski definition) is 1. The molecule has 2 heterocycles. The predicted octanol–water partition coefficient (Wildman–Crippen LogP) is 2.29. The summed E-state index contributed by atoms with van der Waals surface area (Å²) in [5.41, 5.74) is -0.141. The van der Waals surface area contributed by atoms with Crippen LogP contribution >= 0.6 is 0 Å². The second-order valence-electron chi connectivity index (χ2n) is 5.55. The highest BCUT2D eigenvalue weighted by Gasteiger charge is 2.37. The van der Waals surface area contributed by atoms with E-state index in [4.69, 9.17) is 0 Å². The van der Waals surface area contributed by atoms with Crippen LogP contribution in [-0.4, -0.2) is 28.6 Å². The van der Waals surface area contributed by atoms with Gasteiger partial charge < -0.3 is 10.2 Å². The molecule has 84 valence electrons. The third-order valence-electron chi connectivity index (χ3n) is 3.03. The summed E-state index contributed by atoms with van der Waals surface area (Å²) in [7, 11) is 0. The first-order valence-electron chi connectivity index (χ1n) is 5.74. The number of carbonyl (C=O) groups excluding carboxylic acids is 1. The van der Waals surface area contributed by atoms with Gasteiger partial charge in [0, 0.05) is 11.6 Å². The van der Waals surface area contributed by atoms with Gasteiger partial charge in [0.1, 0.15) is 0 Å². The number of urea groups is 1. The summed E-state index contributed by atoms with van der Waals surface area (Å²) in [6.45, 7) is 6.06. The standard InChI is InChI=1S/C12H20N2O/c1-12(2,3)13-11(15)14-9-5-4-6-10(14)8-7-9/h4-5,9-10H,6-8H2,1-3H3,(H,13,15). The molecule has 15 heavy (non-hydrogen) atoms. The van der Waals surface area contributed by atoms with Crippen LogP contribution in [0.4, 0.5) is 4.79 Å². The van der Waals surface area contributed by atoms with E-state index in [-0.39, 0.29) is 11.6 Å². The van der Waals surface area contributed by atoms with Gasteiger partial charge in [0.2, 0.25) is 0 Å². The van der Waals surface area contributed by atoms with Crippen LogP contribution in [0.1, 0.15) is 40.0 Å². The molecule has 0 aromatic heterocycles. The lowest BCUT2D eigenvalue weighted by molar-refractivity contribution is 0.170. The van der Waals surface area contributed by atoms with Crippen LogP contribution in [0.5, 0.6) is 0 Å². The highest BCUT2D eigenvalue weighted by Crippen LogP contribution is 2.31. The van der Waals surface area contributed by atoms with Gasteiger partial charge in [0.15, 0.2) is 0 Å². The van der Waals surface area contributed by atoms with Crippen molar-refractivity contribution in [2.24, 2.45) is 0 Å². The average molecular weight is 208 g/mol. The van der Waals surface area contributed by atoms with Crippen LogP contribution in [0.2, 0.25) is 0 Å². The Morgan fingerprint density at radius 1 is 1.40 bits per heavy atom. The third kappa shape index (κ3) is 2.16. The van der Waals surface area contributed by atoms with Gasteiger partial charge in [-0.25, -0.2) is 4.79 Å². The maximum absolute atomic E-state index is 12.1. The van der Waals surface area contributed by atoms with Crippen LogP contribution in [0.3, 0.4) is 0 Å². The van der Waals surface area contributed by atoms with E-state index in [2.05, 4.69) is 17.5 Å². The van der Waals surface area contributed by atoms with Crippen LogP contribution in [-0.2, 0) is 0 Å². The monoisotopic (exact) mass is 208 g/mol. The molecule has 2 amide bonds. The van der Waals surface area contributed by atoms with Crippen molar-refractivity contribution in [3.8, 4) is 0 Å². The van der Waals surface area contributed by atoms with Gasteiger partial charge in [-0.15, -0.1) is 0 Å². The number of fused-ring (bicyclic) bond motifs is 2. The Kier molecular flexibility index (Phi) is 2.49. The van der Waals surface area contributed by atoms with E-state index in [0.717, 1.165) is 19.3 Å². The van der Waals surface area contributed by atoms with Crippen molar-refractivity contribution in [1.29, 1.82) is 0 Å². The molecule has 0 radical (unpaired) electrons. The molecule has 0 aromatic rings. The zero-order valence-electron chi connectivity index (χ0n) is 9.79. The summed E-state index contributed by atoms with van der Waals surface area (Å²) >= 11 is 0. The second kappa shape index (κ2) is 3.54. The van der Waals surface area contributed by atoms with Crippen molar-refractivity contribution < 1.29 is 4.79 Å². The Bertz CT molecular complexity index is 290. The van der Waals surface area contributed by atoms with E-state index < -0.39 is 0 Å². The molecule has 0 saturated carbocycles. The van der Waals surface area contributed by atoms with E-state index in [1.54, 1.807) is 0 Å². The lowest BCUT2D eigenvalue weighted by Crippen LogP contribution is -2.52. The Morgan fingerprint density at radius 3 is 2.73 bits per heavy atom. The lowest BCUT2D eigenvalue weighted by Gasteiger charge is -2.34. The number of rotatable bonds is 0. The minimum Gasteiger partial charge on any atom is -0.333 e. The normalized spacial score (nSPS) is 29.4. The fourth-order valence-corrected chi connectivity index (χ4v) is 2.43. The number of amides is 2. The zero-order valence-corrected chi connectivity index (χ0v) is 9.79. The lowest BCUT2D eigenvalue weighted by atomic mass is 10.1. The van der Waals surface area contributed by atoms with Crippen molar-refractivity contribution in [2.75, 3.05) is 0 Å². The Hall–Kier alpha value is -0.990. The number of nitrogens with zero attached hydrogens (tertiary/aromatic N) is 1. The molecule has 2 rings (SSSR count). The molecule has 0 aromatic carbocycles. The molecule has 3 nitrogen and oxygen atoms in total. The quantitative estimate of drug-likeness (QED) is 0.609. The summed E-state index contributed by atoms with van der Waals surface area (Å²) in [4.78, 5) is 14.1. The summed E-state index contributed by atoms with van der Waals surface area (Å²) in [6.07, 6.45) is 7.68. The van der Waals surface area contributed by atoms with Crippen molar-refractivity contribution in [1.82, 2.24) is 10.2 Å². The summed E-state index contributed by atoms with van der Waals surface area (Å²) in [5, 5.41) is 3.04. The zero-order chi connectivity index (χ0) is 11.1. The molecule has 1 N–H and O–H groups in total. The SMILES string of the molecule is CC(C)(C)NC(=O)N1C2C=CCC1CC2. The van der Waals surface area contributed by atoms with Crippen LogP contribution < -0.4 is 5.32 Å². The molecule has 2 aliphatic rings. The minimum absolute atomic E-state index is 0.0966. The Morgan fingerprint density at radius 2 is 2.13 bits per heavy atom. The minimum atomic E-state index is -0.141. The maximum Gasteiger partial charge on any atom is 0.318 e. The Balaban J connectivity index is 2.05. The molecule has 0 aliphatic carbocycles. The Labute approximate surface area is 91.5 Å². The summed E-state index contributed by atoms with van der Waals surface area (Å²) < 4.78 is 0. The number of nitrogens with one attached hydrogen (secondary N) is 1. The van der Waals surface area contributed by atoms with E-state index >= 15 is 0 Å². The van der Waals surface area contributed by atoms with Crippen LogP contribution in [0.15, 0.2) is 12.2 Å². The predicted molar refractivity (Wildman–Crippen MR) is 60.7 cm³/mol. The van der Waals surface area contributed by atoms with E-state index in [1.165, 1.54) is 0 Å². The van der Waals surface area contributed by atoms with Crippen LogP contribution in [0, 0.1) is 0 Å². The molecular formula is C12H20N2O. The van der Waals surface area contributed by atoms with Crippen molar-refractivity contribution in [3.63, 3.8) is 0 Å². The highest BCUT2D eigenvalue weighted by atomic mass is 16.2. The average Bonchev–Trinajstić information content (AvgIpc) is 2.34. The van der Waals surface area contributed by atoms with E-state index in [1.807, 2.05) is 25.7 Å². The first kappa shape index (κ1) is 10.5. The molecule has 2 unspecified atom stereocenters. The number of hydrogen-bond donors (Lipinski definition) is 1. The van der Waals surface area contributed by atoms with Gasteiger partial charge in [0.05, 0.1) is 6.04 Å². The first-order chi connectivity index (χ1) is 6.97. The van der Waals surface area contributed by atoms with E-state index in [9.17, 15) is 4.79 Å². The van der Waals surface area contributed by atoms with Crippen molar-refractivity contribution in [3.05, 3.63) is 12.2 Å². The molecule has 1 saturated heterocycles. The van der Waals surface area contributed by atoms with Gasteiger partial charge in [-0.3, -0.25) is 0 Å². The fraction of sp³-hybridized carbons (Fsp3) is 0.750. The van der Waals surface area contributed by atoms with Crippen LogP contribution in [0.25, 0.3) is 0 Å². The largest absolute Gasteiger partial charge is 0.333 e. The summed E-state index contributed by atoms with van der Waals surface area (Å²) in [6, 6.07) is 0.868. The van der Waals surface area contributed by atoms with E-state index in [0.29, 0.717) is 12.1 Å². The molecular weight excluding hydrogens is 188 g/mol. The smallest absolute Gasteiger partial charge is 0.318 e. The molecule has 1 fully saturated rings. The maximum atomic E-state index is 12.1. The molecule has 2 bridgehead atoms. The topological polar surface area (TPSA) is 32.3 Å². The molecule has 3 heteroatoms. The van der Waals surface area contributed by atoms with Gasteiger partial charge in [-0.2, -0.15) is 0 Å². The van der Waals surface area contributed by atoms with Crippen molar-refractivity contribution in [2.45, 2.75) is 57.7 Å². The van der Waals surface area contributed by atoms with Crippen molar-refractivity contribution >= 4 is 6.03 Å². The van der Waals surface area contributed by atoms with Gasteiger partial charge in [-0.05, 0) is 40.0 Å². The first-order valence-corrected chi connectivity index (χ1v) is 5.74. The van der Waals surface area contributed by atoms with Gasteiger partial charge in [-0.1, -0.05) is 12.2 Å².